The van der Waals surface area contributed by atoms with Crippen LogP contribution in [0.4, 0.5) is 0 Å². The number of hydrogen-bond donors (Lipinski definition) is 2. The van der Waals surface area contributed by atoms with Crippen LogP contribution in [0.2, 0.25) is 0 Å². The van der Waals surface area contributed by atoms with E-state index in [1.54, 1.807) is 0 Å². The van der Waals surface area contributed by atoms with Gasteiger partial charge in [0.25, 0.3) is 0 Å². The van der Waals surface area contributed by atoms with Crippen molar-refractivity contribution in [3.05, 3.63) is 71.8 Å². The summed E-state index contributed by atoms with van der Waals surface area (Å²) in [5, 5.41) is 5.47. The highest BCUT2D eigenvalue weighted by Gasteiger charge is 2.18. The van der Waals surface area contributed by atoms with Crippen molar-refractivity contribution in [2.24, 2.45) is 0 Å². The molecule has 0 aliphatic carbocycles. The molecule has 0 aromatic heterocycles. The van der Waals surface area contributed by atoms with Crippen molar-refractivity contribution >= 4 is 11.8 Å². The molecule has 0 heterocycles. The molecule has 2 rings (SSSR count). The van der Waals surface area contributed by atoms with Crippen LogP contribution in [-0.2, 0) is 9.59 Å². The predicted octanol–water partition coefficient (Wildman–Crippen LogP) is 3.63. The molecule has 0 aliphatic heterocycles. The largest absolute Gasteiger partial charge is 0.348 e. The maximum Gasteiger partial charge on any atom is 0.309 e. The van der Waals surface area contributed by atoms with Crippen LogP contribution in [-0.4, -0.2) is 24.9 Å². The summed E-state index contributed by atoms with van der Waals surface area (Å²) in [6.07, 6.45) is 4.28. The molecule has 2 aromatic rings. The molecule has 4 heteroatoms. The summed E-state index contributed by atoms with van der Waals surface area (Å²) < 4.78 is 0. The first-order valence-corrected chi connectivity index (χ1v) is 9.38. The number of benzene rings is 2. The first-order chi connectivity index (χ1) is 12.7. The molecule has 138 valence electrons. The Bertz CT molecular complexity index is 632. The Morgan fingerprint density at radius 2 is 1.31 bits per heavy atom. The van der Waals surface area contributed by atoms with E-state index in [1.165, 1.54) is 0 Å². The summed E-state index contributed by atoms with van der Waals surface area (Å²) in [6, 6.07) is 20.0. The number of carbonyl (C=O) groups excluding carboxylic acids is 2. The van der Waals surface area contributed by atoms with Gasteiger partial charge >= 0.3 is 11.8 Å². The van der Waals surface area contributed by atoms with E-state index in [1.807, 2.05) is 60.7 Å². The minimum atomic E-state index is -0.572. The molecule has 0 bridgehead atoms. The van der Waals surface area contributed by atoms with Crippen LogP contribution in [0.25, 0.3) is 0 Å². The fraction of sp³-hybridized carbons (Fsp3) is 0.364. The lowest BCUT2D eigenvalue weighted by molar-refractivity contribution is -0.139. The van der Waals surface area contributed by atoms with Crippen molar-refractivity contribution < 1.29 is 9.59 Å². The Morgan fingerprint density at radius 3 is 1.85 bits per heavy atom. The van der Waals surface area contributed by atoms with Crippen molar-refractivity contribution in [2.75, 3.05) is 13.1 Å². The molecule has 0 unspecified atom stereocenters. The topological polar surface area (TPSA) is 58.2 Å². The van der Waals surface area contributed by atoms with Gasteiger partial charge in [-0.25, -0.2) is 0 Å². The fourth-order valence-corrected chi connectivity index (χ4v) is 2.91. The molecule has 26 heavy (non-hydrogen) atoms. The van der Waals surface area contributed by atoms with Gasteiger partial charge < -0.3 is 10.6 Å². The van der Waals surface area contributed by atoms with Gasteiger partial charge in [0.2, 0.25) is 0 Å². The van der Waals surface area contributed by atoms with E-state index in [0.717, 1.165) is 36.8 Å². The molecule has 2 N–H and O–H groups in total. The molecule has 2 amide bonds. The molecular formula is C22H28N2O2. The standard InChI is InChI=1S/C22H28N2O2/c1-2-3-4-11-16-23-21(25)22(26)24-17-20(18-12-7-5-8-13-18)19-14-9-6-10-15-19/h5-10,12-15,20H,2-4,11,16-17H2,1H3,(H,23,25)(H,24,26). The summed E-state index contributed by atoms with van der Waals surface area (Å²) >= 11 is 0. The number of unbranched alkanes of at least 4 members (excludes halogenated alkanes) is 3. The van der Waals surface area contributed by atoms with Gasteiger partial charge in [0.15, 0.2) is 0 Å². The van der Waals surface area contributed by atoms with Crippen molar-refractivity contribution in [3.8, 4) is 0 Å². The third-order valence-electron chi connectivity index (χ3n) is 4.39. The predicted molar refractivity (Wildman–Crippen MR) is 105 cm³/mol. The second kappa shape index (κ2) is 11.1. The Kier molecular flexibility index (Phi) is 8.40. The molecule has 2 aromatic carbocycles. The molecule has 0 spiro atoms. The SMILES string of the molecule is CCCCCCNC(=O)C(=O)NCC(c1ccccc1)c1ccccc1. The highest BCUT2D eigenvalue weighted by atomic mass is 16.2. The Hall–Kier alpha value is -2.62. The lowest BCUT2D eigenvalue weighted by atomic mass is 9.91. The third kappa shape index (κ3) is 6.36. The van der Waals surface area contributed by atoms with E-state index in [2.05, 4.69) is 17.6 Å². The summed E-state index contributed by atoms with van der Waals surface area (Å²) in [6.45, 7) is 3.07. The maximum atomic E-state index is 12.1. The lowest BCUT2D eigenvalue weighted by Crippen LogP contribution is -2.41. The zero-order chi connectivity index (χ0) is 18.6. The number of amides is 2. The first-order valence-electron chi connectivity index (χ1n) is 9.38. The van der Waals surface area contributed by atoms with Gasteiger partial charge in [0.1, 0.15) is 0 Å². The van der Waals surface area contributed by atoms with E-state index >= 15 is 0 Å². The number of rotatable bonds is 9. The smallest absolute Gasteiger partial charge is 0.309 e. The first kappa shape index (κ1) is 19.7. The average molecular weight is 352 g/mol. The van der Waals surface area contributed by atoms with Gasteiger partial charge in [-0.1, -0.05) is 86.8 Å². The summed E-state index contributed by atoms with van der Waals surface area (Å²) in [7, 11) is 0. The maximum absolute atomic E-state index is 12.1. The monoisotopic (exact) mass is 352 g/mol. The highest BCUT2D eigenvalue weighted by Crippen LogP contribution is 2.23. The summed E-state index contributed by atoms with van der Waals surface area (Å²) in [5.41, 5.74) is 2.22. The van der Waals surface area contributed by atoms with Crippen molar-refractivity contribution in [1.82, 2.24) is 10.6 Å². The van der Waals surface area contributed by atoms with Crippen LogP contribution in [0.3, 0.4) is 0 Å². The van der Waals surface area contributed by atoms with Gasteiger partial charge in [0.05, 0.1) is 0 Å². The number of hydrogen-bond acceptors (Lipinski definition) is 2. The van der Waals surface area contributed by atoms with E-state index < -0.39 is 11.8 Å². The van der Waals surface area contributed by atoms with Crippen LogP contribution in [0.1, 0.15) is 49.7 Å². The highest BCUT2D eigenvalue weighted by molar-refractivity contribution is 6.35. The van der Waals surface area contributed by atoms with E-state index in [0.29, 0.717) is 13.1 Å². The Morgan fingerprint density at radius 1 is 0.769 bits per heavy atom. The molecule has 0 radical (unpaired) electrons. The van der Waals surface area contributed by atoms with Crippen molar-refractivity contribution in [3.63, 3.8) is 0 Å². The van der Waals surface area contributed by atoms with Gasteiger partial charge in [-0.2, -0.15) is 0 Å². The number of nitrogens with one attached hydrogen (secondary N) is 2. The average Bonchev–Trinajstić information content (AvgIpc) is 2.69. The minimum absolute atomic E-state index is 0.0127. The molecule has 0 saturated heterocycles. The van der Waals surface area contributed by atoms with Crippen LogP contribution in [0.5, 0.6) is 0 Å². The molecule has 4 nitrogen and oxygen atoms in total. The lowest BCUT2D eigenvalue weighted by Gasteiger charge is -2.18. The molecule has 0 atom stereocenters. The van der Waals surface area contributed by atoms with Crippen molar-refractivity contribution in [1.29, 1.82) is 0 Å². The van der Waals surface area contributed by atoms with E-state index in [-0.39, 0.29) is 5.92 Å². The van der Waals surface area contributed by atoms with Crippen LogP contribution in [0, 0.1) is 0 Å². The molecule has 0 aliphatic rings. The summed E-state index contributed by atoms with van der Waals surface area (Å²) in [5.74, 6) is -1.11. The quantitative estimate of drug-likeness (QED) is 0.535. The minimum Gasteiger partial charge on any atom is -0.348 e. The zero-order valence-corrected chi connectivity index (χ0v) is 15.4. The Balaban J connectivity index is 1.91. The van der Waals surface area contributed by atoms with Gasteiger partial charge in [0, 0.05) is 19.0 Å². The number of carbonyl (C=O) groups is 2. The summed E-state index contributed by atoms with van der Waals surface area (Å²) in [4.78, 5) is 24.0. The fourth-order valence-electron chi connectivity index (χ4n) is 2.91. The van der Waals surface area contributed by atoms with Crippen LogP contribution >= 0.6 is 0 Å². The molecule has 0 saturated carbocycles. The van der Waals surface area contributed by atoms with Gasteiger partial charge in [-0.05, 0) is 17.5 Å². The Labute approximate surface area is 156 Å². The molecule has 0 fully saturated rings. The second-order valence-electron chi connectivity index (χ2n) is 6.40. The zero-order valence-electron chi connectivity index (χ0n) is 15.4. The van der Waals surface area contributed by atoms with Crippen LogP contribution in [0.15, 0.2) is 60.7 Å². The van der Waals surface area contributed by atoms with Crippen LogP contribution < -0.4 is 10.6 Å². The third-order valence-corrected chi connectivity index (χ3v) is 4.39. The van der Waals surface area contributed by atoms with E-state index in [9.17, 15) is 9.59 Å². The van der Waals surface area contributed by atoms with Crippen molar-refractivity contribution in [2.45, 2.75) is 38.5 Å². The van der Waals surface area contributed by atoms with E-state index in [4.69, 9.17) is 0 Å². The van der Waals surface area contributed by atoms with Gasteiger partial charge in [-0.3, -0.25) is 9.59 Å². The normalized spacial score (nSPS) is 10.5. The van der Waals surface area contributed by atoms with Gasteiger partial charge in [-0.15, -0.1) is 0 Å². The second-order valence-corrected chi connectivity index (χ2v) is 6.40. The molecular weight excluding hydrogens is 324 g/mol.